The van der Waals surface area contributed by atoms with Crippen LogP contribution in [0.5, 0.6) is 11.5 Å². The smallest absolute Gasteiger partial charge is 0.351 e. The number of carbonyl (C=O) groups excluding carboxylic acids is 1. The van der Waals surface area contributed by atoms with Gasteiger partial charge in [-0.05, 0) is 32.0 Å². The van der Waals surface area contributed by atoms with Crippen molar-refractivity contribution in [3.8, 4) is 17.2 Å². The van der Waals surface area contributed by atoms with Gasteiger partial charge in [-0.3, -0.25) is 9.89 Å². The monoisotopic (exact) mass is 370 g/mol. The molecule has 0 fully saturated rings. The average Bonchev–Trinajstić information content (AvgIpc) is 3.33. The molecule has 2 aromatic heterocycles. The molecule has 10 nitrogen and oxygen atoms in total. The van der Waals surface area contributed by atoms with Crippen molar-refractivity contribution < 1.29 is 14.3 Å². The Morgan fingerprint density at radius 2 is 2.07 bits per heavy atom. The highest BCUT2D eigenvalue weighted by molar-refractivity contribution is 5.75. The van der Waals surface area contributed by atoms with Crippen molar-refractivity contribution in [3.05, 3.63) is 52.0 Å². The van der Waals surface area contributed by atoms with Crippen LogP contribution in [0.1, 0.15) is 17.2 Å². The number of carbonyl (C=O) groups is 1. The molecule has 140 valence electrons. The first kappa shape index (κ1) is 16.9. The van der Waals surface area contributed by atoms with Gasteiger partial charge in [-0.2, -0.15) is 10.2 Å². The van der Waals surface area contributed by atoms with Crippen LogP contribution in [-0.2, 0) is 17.9 Å². The Balaban J connectivity index is 1.50. The van der Waals surface area contributed by atoms with E-state index in [1.165, 1.54) is 4.57 Å². The van der Waals surface area contributed by atoms with Crippen LogP contribution in [0.2, 0.25) is 0 Å². The second kappa shape index (κ2) is 6.63. The number of hydrogen-bond donors (Lipinski definition) is 2. The molecule has 3 aromatic rings. The molecule has 10 heteroatoms. The van der Waals surface area contributed by atoms with Gasteiger partial charge in [0.1, 0.15) is 12.4 Å². The summed E-state index contributed by atoms with van der Waals surface area (Å²) in [7, 11) is 0. The number of H-pyrrole nitrogens is 1. The molecular formula is C17H18N6O4. The number of nitrogens with zero attached hydrogens (tertiary/aromatic N) is 4. The molecule has 1 aromatic carbocycles. The maximum absolute atomic E-state index is 12.7. The van der Waals surface area contributed by atoms with Crippen LogP contribution >= 0.6 is 0 Å². The first-order chi connectivity index (χ1) is 13.0. The van der Waals surface area contributed by atoms with Gasteiger partial charge in [-0.15, -0.1) is 0 Å². The molecule has 1 aliphatic rings. The van der Waals surface area contributed by atoms with E-state index in [1.807, 2.05) is 13.0 Å². The molecule has 2 N–H and O–H groups in total. The number of fused-ring (bicyclic) bond motifs is 1. The van der Waals surface area contributed by atoms with Crippen LogP contribution in [0.15, 0.2) is 29.1 Å². The number of rotatable bonds is 5. The van der Waals surface area contributed by atoms with Crippen molar-refractivity contribution in [1.29, 1.82) is 0 Å². The summed E-state index contributed by atoms with van der Waals surface area (Å²) >= 11 is 0. The molecule has 0 radical (unpaired) electrons. The van der Waals surface area contributed by atoms with Crippen LogP contribution in [-0.4, -0.2) is 37.2 Å². The maximum atomic E-state index is 12.7. The number of hydrogen-bond acceptors (Lipinski definition) is 6. The van der Waals surface area contributed by atoms with Crippen molar-refractivity contribution in [2.24, 2.45) is 0 Å². The zero-order valence-electron chi connectivity index (χ0n) is 14.9. The van der Waals surface area contributed by atoms with E-state index in [-0.39, 0.29) is 25.8 Å². The Hall–Kier alpha value is -3.56. The predicted molar refractivity (Wildman–Crippen MR) is 93.9 cm³/mol. The summed E-state index contributed by atoms with van der Waals surface area (Å²) in [5.74, 6) is 1.34. The lowest BCUT2D eigenvalue weighted by Crippen LogP contribution is -2.33. The third kappa shape index (κ3) is 3.28. The molecule has 3 heterocycles. The van der Waals surface area contributed by atoms with E-state index in [2.05, 4.69) is 20.6 Å². The second-order valence-corrected chi connectivity index (χ2v) is 6.18. The topological polar surface area (TPSA) is 116 Å². The first-order valence-corrected chi connectivity index (χ1v) is 8.35. The number of benzene rings is 1. The number of nitrogens with one attached hydrogen (secondary N) is 2. The molecule has 0 aliphatic carbocycles. The first-order valence-electron chi connectivity index (χ1n) is 8.35. The third-order valence-corrected chi connectivity index (χ3v) is 4.13. The number of aryl methyl sites for hydroxylation is 2. The number of aromatic nitrogens is 5. The molecule has 0 saturated carbocycles. The second-order valence-electron chi connectivity index (χ2n) is 6.18. The van der Waals surface area contributed by atoms with E-state index in [0.717, 1.165) is 16.1 Å². The van der Waals surface area contributed by atoms with Gasteiger partial charge in [0.2, 0.25) is 12.7 Å². The fraction of sp³-hybridized carbons (Fsp3) is 0.294. The highest BCUT2D eigenvalue weighted by atomic mass is 16.7. The number of amides is 1. The summed E-state index contributed by atoms with van der Waals surface area (Å²) in [5.41, 5.74) is 1.82. The molecular weight excluding hydrogens is 352 g/mol. The molecule has 1 aliphatic heterocycles. The van der Waals surface area contributed by atoms with Crippen LogP contribution < -0.4 is 20.5 Å². The Morgan fingerprint density at radius 1 is 1.26 bits per heavy atom. The average molecular weight is 370 g/mol. The molecule has 0 bridgehead atoms. The van der Waals surface area contributed by atoms with E-state index < -0.39 is 5.69 Å². The minimum Gasteiger partial charge on any atom is -0.454 e. The van der Waals surface area contributed by atoms with Gasteiger partial charge in [-0.25, -0.2) is 14.0 Å². The van der Waals surface area contributed by atoms with Crippen LogP contribution in [0.25, 0.3) is 5.69 Å². The van der Waals surface area contributed by atoms with Crippen molar-refractivity contribution in [1.82, 2.24) is 29.9 Å². The molecule has 1 amide bonds. The summed E-state index contributed by atoms with van der Waals surface area (Å²) in [6, 6.07) is 7.03. The summed E-state index contributed by atoms with van der Waals surface area (Å²) in [6.07, 6.45) is 0. The minimum absolute atomic E-state index is 0.154. The van der Waals surface area contributed by atoms with E-state index in [1.54, 1.807) is 25.1 Å². The Kier molecular flexibility index (Phi) is 4.15. The zero-order valence-corrected chi connectivity index (χ0v) is 14.9. The van der Waals surface area contributed by atoms with Gasteiger partial charge in [0.25, 0.3) is 0 Å². The zero-order chi connectivity index (χ0) is 19.0. The van der Waals surface area contributed by atoms with Crippen LogP contribution in [0.3, 0.4) is 0 Å². The third-order valence-electron chi connectivity index (χ3n) is 4.13. The van der Waals surface area contributed by atoms with E-state index in [4.69, 9.17) is 9.47 Å². The minimum atomic E-state index is -0.405. The van der Waals surface area contributed by atoms with Gasteiger partial charge in [0.05, 0.1) is 17.9 Å². The van der Waals surface area contributed by atoms with Gasteiger partial charge >= 0.3 is 5.69 Å². The van der Waals surface area contributed by atoms with Crippen molar-refractivity contribution >= 4 is 5.91 Å². The largest absolute Gasteiger partial charge is 0.454 e. The summed E-state index contributed by atoms with van der Waals surface area (Å²) in [4.78, 5) is 24.9. The number of ether oxygens (including phenoxy) is 2. The standard InChI is InChI=1S/C17H18N6O4/c1-10-5-12(20-19-10)7-18-16(24)8-22-17(25)23(11(2)21-22)13-3-4-14-15(6-13)27-9-26-14/h3-6H,7-9H2,1-2H3,(H,18,24)(H,19,20). The summed E-state index contributed by atoms with van der Waals surface area (Å²) in [5, 5.41) is 13.8. The fourth-order valence-electron chi connectivity index (χ4n) is 2.89. The van der Waals surface area contributed by atoms with E-state index in [0.29, 0.717) is 23.0 Å². The summed E-state index contributed by atoms with van der Waals surface area (Å²) < 4.78 is 13.2. The number of aromatic amines is 1. The van der Waals surface area contributed by atoms with Gasteiger partial charge < -0.3 is 14.8 Å². The van der Waals surface area contributed by atoms with Gasteiger partial charge in [-0.1, -0.05) is 0 Å². The molecule has 27 heavy (non-hydrogen) atoms. The lowest BCUT2D eigenvalue weighted by molar-refractivity contribution is -0.122. The molecule has 0 unspecified atom stereocenters. The quantitative estimate of drug-likeness (QED) is 0.672. The van der Waals surface area contributed by atoms with Crippen LogP contribution in [0.4, 0.5) is 0 Å². The summed E-state index contributed by atoms with van der Waals surface area (Å²) in [6.45, 7) is 3.83. The Labute approximate surface area is 153 Å². The van der Waals surface area contributed by atoms with Gasteiger partial charge in [0.15, 0.2) is 11.5 Å². The predicted octanol–water partition coefficient (Wildman–Crippen LogP) is 0.419. The highest BCUT2D eigenvalue weighted by Crippen LogP contribution is 2.33. The lowest BCUT2D eigenvalue weighted by Gasteiger charge is -2.04. The Morgan fingerprint density at radius 3 is 2.85 bits per heavy atom. The lowest BCUT2D eigenvalue weighted by atomic mass is 10.2. The molecule has 0 atom stereocenters. The maximum Gasteiger partial charge on any atom is 0.351 e. The molecule has 0 saturated heterocycles. The van der Waals surface area contributed by atoms with Crippen molar-refractivity contribution in [3.63, 3.8) is 0 Å². The highest BCUT2D eigenvalue weighted by Gasteiger charge is 2.18. The normalized spacial score (nSPS) is 12.4. The van der Waals surface area contributed by atoms with Crippen molar-refractivity contribution in [2.75, 3.05) is 6.79 Å². The van der Waals surface area contributed by atoms with Crippen molar-refractivity contribution in [2.45, 2.75) is 26.9 Å². The van der Waals surface area contributed by atoms with E-state index in [9.17, 15) is 9.59 Å². The van der Waals surface area contributed by atoms with Gasteiger partial charge in [0, 0.05) is 11.8 Å². The fourth-order valence-corrected chi connectivity index (χ4v) is 2.89. The Bertz CT molecular complexity index is 1060. The molecule has 4 rings (SSSR count). The van der Waals surface area contributed by atoms with E-state index >= 15 is 0 Å². The SMILES string of the molecule is Cc1cc(CNC(=O)Cn2nc(C)n(-c3ccc4c(c3)OCO4)c2=O)n[nH]1. The molecule has 0 spiro atoms. The van der Waals surface area contributed by atoms with Crippen LogP contribution in [0, 0.1) is 13.8 Å².